The van der Waals surface area contributed by atoms with Crippen LogP contribution in [0.1, 0.15) is 5.56 Å². The number of benzene rings is 1. The Morgan fingerprint density at radius 1 is 1.33 bits per heavy atom. The third-order valence-corrected chi connectivity index (χ3v) is 2.72. The number of primary sulfonamides is 1. The summed E-state index contributed by atoms with van der Waals surface area (Å²) in [4.78, 5) is 0. The number of phenolic OH excluding ortho intramolecular Hbond substituents is 1. The van der Waals surface area contributed by atoms with Crippen molar-refractivity contribution in [1.29, 1.82) is 0 Å². The lowest BCUT2D eigenvalue weighted by Crippen LogP contribution is -2.28. The number of aromatic hydroxyl groups is 1. The summed E-state index contributed by atoms with van der Waals surface area (Å²) < 4.78 is 21.3. The van der Waals surface area contributed by atoms with Gasteiger partial charge in [0.2, 0.25) is 10.0 Å². The summed E-state index contributed by atoms with van der Waals surface area (Å²) >= 11 is 0. The lowest BCUT2D eigenvalue weighted by Gasteiger charge is -2.09. The molecule has 0 radical (unpaired) electrons. The number of sulfonamides is 1. The summed E-state index contributed by atoms with van der Waals surface area (Å²) in [7, 11) is -3.69. The van der Waals surface area contributed by atoms with Crippen LogP contribution in [0.3, 0.4) is 0 Å². The molecule has 15 heavy (non-hydrogen) atoms. The molecule has 0 aliphatic rings. The van der Waals surface area contributed by atoms with Crippen molar-refractivity contribution in [2.45, 2.75) is 12.5 Å². The molecule has 0 heterocycles. The lowest BCUT2D eigenvalue weighted by molar-refractivity contribution is 0.196. The van der Waals surface area contributed by atoms with Crippen molar-refractivity contribution in [2.24, 2.45) is 5.14 Å². The summed E-state index contributed by atoms with van der Waals surface area (Å²) in [6.45, 7) is 0. The largest absolute Gasteiger partial charge is 0.508 e. The Morgan fingerprint density at radius 2 is 1.93 bits per heavy atom. The Bertz CT molecular complexity index is 429. The molecule has 0 spiro atoms. The quantitative estimate of drug-likeness (QED) is 0.655. The summed E-state index contributed by atoms with van der Waals surface area (Å²) in [5.41, 5.74) is 0.494. The maximum absolute atomic E-state index is 10.7. The van der Waals surface area contributed by atoms with Crippen molar-refractivity contribution >= 4 is 10.0 Å². The van der Waals surface area contributed by atoms with Gasteiger partial charge in [-0.15, -0.1) is 0 Å². The van der Waals surface area contributed by atoms with E-state index in [0.717, 1.165) is 0 Å². The number of hydrogen-bond acceptors (Lipinski definition) is 4. The van der Waals surface area contributed by atoms with Crippen molar-refractivity contribution in [2.75, 3.05) is 5.75 Å². The van der Waals surface area contributed by atoms with Gasteiger partial charge in [-0.25, -0.2) is 13.6 Å². The van der Waals surface area contributed by atoms with Crippen molar-refractivity contribution in [1.82, 2.24) is 0 Å². The first-order valence-electron chi connectivity index (χ1n) is 4.34. The fourth-order valence-corrected chi connectivity index (χ4v) is 1.92. The number of rotatable bonds is 4. The maximum atomic E-state index is 10.7. The van der Waals surface area contributed by atoms with Crippen LogP contribution < -0.4 is 5.14 Å². The van der Waals surface area contributed by atoms with E-state index in [0.29, 0.717) is 5.56 Å². The van der Waals surface area contributed by atoms with Gasteiger partial charge in [-0.1, -0.05) is 18.2 Å². The highest BCUT2D eigenvalue weighted by Crippen LogP contribution is 2.17. The van der Waals surface area contributed by atoms with Gasteiger partial charge < -0.3 is 10.2 Å². The van der Waals surface area contributed by atoms with Crippen LogP contribution in [0.2, 0.25) is 0 Å². The molecular formula is C9H13NO4S. The van der Waals surface area contributed by atoms with Gasteiger partial charge in [0.15, 0.2) is 0 Å². The zero-order valence-electron chi connectivity index (χ0n) is 8.00. The molecule has 1 unspecified atom stereocenters. The first kappa shape index (κ1) is 12.0. The van der Waals surface area contributed by atoms with Crippen LogP contribution >= 0.6 is 0 Å². The number of para-hydroxylation sites is 1. The smallest absolute Gasteiger partial charge is 0.211 e. The Labute approximate surface area is 88.2 Å². The van der Waals surface area contributed by atoms with Gasteiger partial charge in [-0.3, -0.25) is 0 Å². The number of aliphatic hydroxyl groups is 1. The Balaban J connectivity index is 2.67. The lowest BCUT2D eigenvalue weighted by atomic mass is 10.1. The molecule has 1 atom stereocenters. The zero-order chi connectivity index (χ0) is 11.5. The van der Waals surface area contributed by atoms with Gasteiger partial charge in [0.25, 0.3) is 0 Å². The van der Waals surface area contributed by atoms with Crippen molar-refractivity contribution in [3.63, 3.8) is 0 Å². The molecule has 0 aliphatic heterocycles. The number of phenols is 1. The van der Waals surface area contributed by atoms with Crippen molar-refractivity contribution in [3.05, 3.63) is 29.8 Å². The topological polar surface area (TPSA) is 101 Å². The van der Waals surface area contributed by atoms with Crippen LogP contribution in [0.4, 0.5) is 0 Å². The molecule has 0 saturated carbocycles. The first-order chi connectivity index (χ1) is 6.88. The average molecular weight is 231 g/mol. The first-order valence-corrected chi connectivity index (χ1v) is 6.05. The monoisotopic (exact) mass is 231 g/mol. The van der Waals surface area contributed by atoms with Crippen LogP contribution in [0.15, 0.2) is 24.3 Å². The fourth-order valence-electron chi connectivity index (χ4n) is 1.26. The fraction of sp³-hybridized carbons (Fsp3) is 0.333. The number of nitrogens with two attached hydrogens (primary N) is 1. The number of aliphatic hydroxyl groups excluding tert-OH is 1. The molecule has 0 saturated heterocycles. The standard InChI is InChI=1S/C9H13NO4S/c10-15(13,14)6-8(11)5-7-3-1-2-4-9(7)12/h1-4,8,11-12H,5-6H2,(H2,10,13,14). The van der Waals surface area contributed by atoms with Crippen LogP contribution in [-0.4, -0.2) is 30.5 Å². The average Bonchev–Trinajstić information content (AvgIpc) is 2.05. The highest BCUT2D eigenvalue weighted by molar-refractivity contribution is 7.89. The Hall–Kier alpha value is -1.11. The summed E-state index contributed by atoms with van der Waals surface area (Å²) in [6, 6.07) is 6.42. The third-order valence-electron chi connectivity index (χ3n) is 1.87. The SMILES string of the molecule is NS(=O)(=O)CC(O)Cc1ccccc1O. The van der Waals surface area contributed by atoms with Crippen LogP contribution in [0.5, 0.6) is 5.75 Å². The van der Waals surface area contributed by atoms with Crippen molar-refractivity contribution < 1.29 is 18.6 Å². The van der Waals surface area contributed by atoms with E-state index in [1.165, 1.54) is 6.07 Å². The molecular weight excluding hydrogens is 218 g/mol. The second-order valence-corrected chi connectivity index (χ2v) is 4.98. The normalized spacial score (nSPS) is 13.7. The van der Waals surface area contributed by atoms with Crippen molar-refractivity contribution in [3.8, 4) is 5.75 Å². The minimum atomic E-state index is -3.69. The van der Waals surface area contributed by atoms with Gasteiger partial charge in [-0.2, -0.15) is 0 Å². The molecule has 6 heteroatoms. The predicted octanol–water partition coefficient (Wildman–Crippen LogP) is -0.416. The van der Waals surface area contributed by atoms with Crippen LogP contribution in [0.25, 0.3) is 0 Å². The highest BCUT2D eigenvalue weighted by atomic mass is 32.2. The Kier molecular flexibility index (Phi) is 3.67. The van der Waals surface area contributed by atoms with Gasteiger partial charge in [0.1, 0.15) is 5.75 Å². The predicted molar refractivity (Wildman–Crippen MR) is 55.8 cm³/mol. The molecule has 0 bridgehead atoms. The van der Waals surface area contributed by atoms with Crippen LogP contribution in [-0.2, 0) is 16.4 Å². The second-order valence-electron chi connectivity index (χ2n) is 3.32. The third kappa shape index (κ3) is 4.28. The molecule has 0 aromatic heterocycles. The van der Waals surface area contributed by atoms with E-state index >= 15 is 0 Å². The van der Waals surface area contributed by atoms with E-state index in [1.54, 1.807) is 18.2 Å². The second kappa shape index (κ2) is 4.61. The summed E-state index contributed by atoms with van der Waals surface area (Å²) in [5.74, 6) is -0.479. The molecule has 0 amide bonds. The van der Waals surface area contributed by atoms with Gasteiger partial charge >= 0.3 is 0 Å². The van der Waals surface area contributed by atoms with Gasteiger partial charge in [0.05, 0.1) is 11.9 Å². The maximum Gasteiger partial charge on any atom is 0.211 e. The number of hydrogen-bond donors (Lipinski definition) is 3. The van der Waals surface area contributed by atoms with Gasteiger partial charge in [0, 0.05) is 6.42 Å². The molecule has 1 aromatic carbocycles. The zero-order valence-corrected chi connectivity index (χ0v) is 8.81. The Morgan fingerprint density at radius 3 is 2.47 bits per heavy atom. The van der Waals surface area contributed by atoms with E-state index in [1.807, 2.05) is 0 Å². The van der Waals surface area contributed by atoms with E-state index < -0.39 is 21.9 Å². The molecule has 84 valence electrons. The molecule has 4 N–H and O–H groups in total. The van der Waals surface area contributed by atoms with E-state index in [4.69, 9.17) is 5.14 Å². The molecule has 5 nitrogen and oxygen atoms in total. The molecule has 1 rings (SSSR count). The minimum absolute atomic E-state index is 0.0333. The minimum Gasteiger partial charge on any atom is -0.508 e. The summed E-state index contributed by atoms with van der Waals surface area (Å²) in [5, 5.41) is 23.5. The van der Waals surface area contributed by atoms with E-state index in [2.05, 4.69) is 0 Å². The van der Waals surface area contributed by atoms with E-state index in [9.17, 15) is 18.6 Å². The molecule has 0 aliphatic carbocycles. The molecule has 1 aromatic rings. The van der Waals surface area contributed by atoms with E-state index in [-0.39, 0.29) is 12.2 Å². The summed E-state index contributed by atoms with van der Waals surface area (Å²) in [6.07, 6.45) is -1.04. The van der Waals surface area contributed by atoms with Crippen LogP contribution in [0, 0.1) is 0 Å². The highest BCUT2D eigenvalue weighted by Gasteiger charge is 2.14. The van der Waals surface area contributed by atoms with Gasteiger partial charge in [-0.05, 0) is 11.6 Å². The molecule has 0 fully saturated rings.